The van der Waals surface area contributed by atoms with Gasteiger partial charge in [0.1, 0.15) is 6.10 Å². The van der Waals surface area contributed by atoms with Crippen molar-refractivity contribution in [1.82, 2.24) is 9.97 Å². The molecule has 4 heteroatoms. The second-order valence-electron chi connectivity index (χ2n) is 4.81. The number of benzene rings is 1. The van der Waals surface area contributed by atoms with E-state index in [9.17, 15) is 0 Å². The Morgan fingerprint density at radius 3 is 2.60 bits per heavy atom. The number of ether oxygens (including phenoxy) is 1. The smallest absolute Gasteiger partial charge is 0.162 e. The molecule has 0 aliphatic rings. The molecule has 0 bridgehead atoms. The monoisotopic (exact) mass is 271 g/mol. The van der Waals surface area contributed by atoms with Gasteiger partial charge in [0.25, 0.3) is 0 Å². The molecule has 0 fully saturated rings. The molecule has 0 saturated heterocycles. The maximum atomic E-state index is 5.98. The normalized spacial score (nSPS) is 13.9. The minimum absolute atomic E-state index is 0.135. The summed E-state index contributed by atoms with van der Waals surface area (Å²) in [4.78, 5) is 8.94. The van der Waals surface area contributed by atoms with Crippen LogP contribution in [0.4, 0.5) is 0 Å². The predicted octanol–water partition coefficient (Wildman–Crippen LogP) is 2.49. The Balaban J connectivity index is 2.24. The summed E-state index contributed by atoms with van der Waals surface area (Å²) < 4.78 is 5.55. The van der Waals surface area contributed by atoms with Crippen LogP contribution in [0.3, 0.4) is 0 Å². The maximum absolute atomic E-state index is 5.98. The van der Waals surface area contributed by atoms with Crippen molar-refractivity contribution < 1.29 is 4.74 Å². The lowest BCUT2D eigenvalue weighted by Gasteiger charge is -2.15. The van der Waals surface area contributed by atoms with Crippen LogP contribution < -0.4 is 5.73 Å². The lowest BCUT2D eigenvalue weighted by molar-refractivity contribution is 0.129. The van der Waals surface area contributed by atoms with Crippen molar-refractivity contribution in [3.8, 4) is 0 Å². The summed E-state index contributed by atoms with van der Waals surface area (Å²) in [5, 5.41) is 0. The van der Waals surface area contributed by atoms with E-state index in [0.717, 1.165) is 24.1 Å². The first-order valence-corrected chi connectivity index (χ1v) is 6.89. The number of nitrogens with zero attached hydrogens (tertiary/aromatic N) is 2. The van der Waals surface area contributed by atoms with E-state index in [-0.39, 0.29) is 12.1 Å². The van der Waals surface area contributed by atoms with Crippen LogP contribution in [0, 0.1) is 0 Å². The zero-order chi connectivity index (χ0) is 14.4. The first kappa shape index (κ1) is 14.6. The topological polar surface area (TPSA) is 61.0 Å². The number of rotatable bonds is 6. The molecule has 0 radical (unpaired) electrons. The Bertz CT molecular complexity index is 530. The van der Waals surface area contributed by atoms with E-state index in [1.807, 2.05) is 36.4 Å². The van der Waals surface area contributed by atoms with Crippen molar-refractivity contribution in [3.05, 3.63) is 59.7 Å². The molecule has 2 atom stereocenters. The number of nitrogens with two attached hydrogens (primary N) is 1. The Morgan fingerprint density at radius 2 is 1.95 bits per heavy atom. The third-order valence-corrected chi connectivity index (χ3v) is 3.30. The average Bonchev–Trinajstić information content (AvgIpc) is 2.49. The molecule has 0 amide bonds. The average molecular weight is 271 g/mol. The molecule has 0 saturated carbocycles. The molecule has 2 aromatic rings. The second kappa shape index (κ2) is 7.12. The quantitative estimate of drug-likeness (QED) is 0.877. The lowest BCUT2D eigenvalue weighted by atomic mass is 10.1. The Morgan fingerprint density at radius 1 is 1.20 bits per heavy atom. The fraction of sp³-hybridized carbons (Fsp3) is 0.375. The van der Waals surface area contributed by atoms with Gasteiger partial charge in [-0.1, -0.05) is 37.3 Å². The Kier molecular flexibility index (Phi) is 5.21. The van der Waals surface area contributed by atoms with Crippen molar-refractivity contribution in [3.63, 3.8) is 0 Å². The van der Waals surface area contributed by atoms with Crippen molar-refractivity contribution in [2.45, 2.75) is 31.9 Å². The largest absolute Gasteiger partial charge is 0.369 e. The molecular weight excluding hydrogens is 250 g/mol. The molecule has 4 nitrogen and oxygen atoms in total. The van der Waals surface area contributed by atoms with E-state index in [1.165, 1.54) is 0 Å². The van der Waals surface area contributed by atoms with Crippen LogP contribution in [0.25, 0.3) is 0 Å². The Hall–Kier alpha value is -1.78. The summed E-state index contributed by atoms with van der Waals surface area (Å²) >= 11 is 0. The van der Waals surface area contributed by atoms with Crippen molar-refractivity contribution >= 4 is 0 Å². The van der Waals surface area contributed by atoms with E-state index in [0.29, 0.717) is 5.82 Å². The second-order valence-corrected chi connectivity index (χ2v) is 4.81. The number of hydrogen-bond acceptors (Lipinski definition) is 4. The van der Waals surface area contributed by atoms with E-state index < -0.39 is 0 Å². The van der Waals surface area contributed by atoms with Crippen LogP contribution in [0.2, 0.25) is 0 Å². The molecule has 1 heterocycles. The lowest BCUT2D eigenvalue weighted by Crippen LogP contribution is -2.22. The highest BCUT2D eigenvalue weighted by Gasteiger charge is 2.16. The van der Waals surface area contributed by atoms with Crippen LogP contribution in [-0.4, -0.2) is 23.1 Å². The number of methoxy groups -OCH3 is 1. The minimum atomic E-state index is -0.242. The van der Waals surface area contributed by atoms with Gasteiger partial charge in [0.15, 0.2) is 5.82 Å². The maximum Gasteiger partial charge on any atom is 0.162 e. The van der Waals surface area contributed by atoms with Crippen molar-refractivity contribution in [1.29, 1.82) is 0 Å². The zero-order valence-corrected chi connectivity index (χ0v) is 12.0. The van der Waals surface area contributed by atoms with Gasteiger partial charge in [0.05, 0.1) is 0 Å². The van der Waals surface area contributed by atoms with Crippen LogP contribution in [0.15, 0.2) is 42.6 Å². The molecule has 20 heavy (non-hydrogen) atoms. The van der Waals surface area contributed by atoms with Gasteiger partial charge in [-0.2, -0.15) is 0 Å². The summed E-state index contributed by atoms with van der Waals surface area (Å²) in [6.45, 7) is 2.08. The highest BCUT2D eigenvalue weighted by atomic mass is 16.5. The van der Waals surface area contributed by atoms with Gasteiger partial charge < -0.3 is 10.5 Å². The molecule has 106 valence electrons. The summed E-state index contributed by atoms with van der Waals surface area (Å²) in [7, 11) is 1.67. The van der Waals surface area contributed by atoms with Crippen molar-refractivity contribution in [2.24, 2.45) is 5.73 Å². The number of aromatic nitrogens is 2. The summed E-state index contributed by atoms with van der Waals surface area (Å²) in [6, 6.07) is 12.0. The van der Waals surface area contributed by atoms with Crippen LogP contribution >= 0.6 is 0 Å². The minimum Gasteiger partial charge on any atom is -0.369 e. The van der Waals surface area contributed by atoms with Gasteiger partial charge in [0, 0.05) is 31.5 Å². The van der Waals surface area contributed by atoms with Gasteiger partial charge in [-0.3, -0.25) is 0 Å². The third kappa shape index (κ3) is 3.62. The zero-order valence-electron chi connectivity index (χ0n) is 12.0. The fourth-order valence-electron chi connectivity index (χ4n) is 2.08. The molecule has 0 spiro atoms. The highest BCUT2D eigenvalue weighted by molar-refractivity contribution is 5.23. The van der Waals surface area contributed by atoms with Gasteiger partial charge in [-0.15, -0.1) is 0 Å². The first-order valence-electron chi connectivity index (χ1n) is 6.89. The molecule has 2 N–H and O–H groups in total. The molecule has 2 unspecified atom stereocenters. The van der Waals surface area contributed by atoms with E-state index in [4.69, 9.17) is 10.5 Å². The van der Waals surface area contributed by atoms with Gasteiger partial charge in [-0.25, -0.2) is 9.97 Å². The molecular formula is C16H21N3O. The summed E-state index contributed by atoms with van der Waals surface area (Å²) in [5.41, 5.74) is 7.99. The number of hydrogen-bond donors (Lipinski definition) is 1. The first-order chi connectivity index (χ1) is 9.74. The highest BCUT2D eigenvalue weighted by Crippen LogP contribution is 2.22. The van der Waals surface area contributed by atoms with Gasteiger partial charge in [0.2, 0.25) is 0 Å². The predicted molar refractivity (Wildman–Crippen MR) is 79.3 cm³/mol. The van der Waals surface area contributed by atoms with E-state index >= 15 is 0 Å². The van der Waals surface area contributed by atoms with Gasteiger partial charge in [-0.05, 0) is 18.1 Å². The van der Waals surface area contributed by atoms with E-state index in [2.05, 4.69) is 16.9 Å². The van der Waals surface area contributed by atoms with Crippen LogP contribution in [-0.2, 0) is 11.2 Å². The molecule has 0 aliphatic carbocycles. The van der Waals surface area contributed by atoms with Crippen molar-refractivity contribution in [2.75, 3.05) is 7.11 Å². The van der Waals surface area contributed by atoms with Crippen LogP contribution in [0.1, 0.15) is 36.5 Å². The van der Waals surface area contributed by atoms with E-state index in [1.54, 1.807) is 13.3 Å². The van der Waals surface area contributed by atoms with Gasteiger partial charge >= 0.3 is 0 Å². The van der Waals surface area contributed by atoms with Crippen LogP contribution in [0.5, 0.6) is 0 Å². The summed E-state index contributed by atoms with van der Waals surface area (Å²) in [6.07, 6.45) is 3.23. The fourth-order valence-corrected chi connectivity index (χ4v) is 2.08. The third-order valence-electron chi connectivity index (χ3n) is 3.30. The molecule has 0 aliphatic heterocycles. The standard InChI is InChI=1S/C16H21N3O/c1-3-13(17)11-14-9-10-18-16(19-14)15(20-2)12-7-5-4-6-8-12/h4-10,13,15H,3,11,17H2,1-2H3. The molecule has 1 aromatic heterocycles. The molecule has 2 rings (SSSR count). The summed E-state index contributed by atoms with van der Waals surface area (Å²) in [5.74, 6) is 0.680. The SMILES string of the molecule is CCC(N)Cc1ccnc(C(OC)c2ccccc2)n1. The Labute approximate surface area is 120 Å². The molecule has 1 aromatic carbocycles.